The standard InChI is InChI=1S/C19H27N3O2/c1-4-21(5-2)13-17-14(3)20-18-7-6-15(12-16(18)19(17)23)22-8-10-24-11-9-22/h6-7,12H,4-5,8-11,13H2,1-3H3,(H,20,23)/p+1. The highest BCUT2D eigenvalue weighted by Crippen LogP contribution is 2.21. The van der Waals surface area contributed by atoms with Gasteiger partial charge in [0.05, 0.1) is 31.9 Å². The Labute approximate surface area is 143 Å². The molecule has 1 aliphatic rings. The summed E-state index contributed by atoms with van der Waals surface area (Å²) in [5.41, 5.74) is 4.12. The summed E-state index contributed by atoms with van der Waals surface area (Å²) in [4.78, 5) is 20.2. The van der Waals surface area contributed by atoms with Crippen LogP contribution in [0.2, 0.25) is 0 Å². The molecule has 5 heteroatoms. The van der Waals surface area contributed by atoms with Crippen LogP contribution in [0.5, 0.6) is 0 Å². The third kappa shape index (κ3) is 3.32. The summed E-state index contributed by atoms with van der Waals surface area (Å²) in [6, 6.07) is 6.17. The van der Waals surface area contributed by atoms with Crippen molar-refractivity contribution in [3.63, 3.8) is 0 Å². The molecule has 0 atom stereocenters. The fourth-order valence-corrected chi connectivity index (χ4v) is 3.42. The molecule has 1 fully saturated rings. The third-order valence-corrected chi connectivity index (χ3v) is 5.10. The molecule has 0 saturated carbocycles. The van der Waals surface area contributed by atoms with Gasteiger partial charge >= 0.3 is 0 Å². The molecule has 1 saturated heterocycles. The fourth-order valence-electron chi connectivity index (χ4n) is 3.42. The summed E-state index contributed by atoms with van der Waals surface area (Å²) in [5.74, 6) is 0. The van der Waals surface area contributed by atoms with Crippen LogP contribution in [0.1, 0.15) is 25.1 Å². The minimum absolute atomic E-state index is 0.177. The number of quaternary nitrogens is 1. The highest BCUT2D eigenvalue weighted by Gasteiger charge is 2.16. The van der Waals surface area contributed by atoms with E-state index in [2.05, 4.69) is 29.8 Å². The Morgan fingerprint density at radius 1 is 1.21 bits per heavy atom. The van der Waals surface area contributed by atoms with Crippen LogP contribution in [0, 0.1) is 6.92 Å². The number of aromatic amines is 1. The van der Waals surface area contributed by atoms with Gasteiger partial charge in [-0.15, -0.1) is 0 Å². The average molecular weight is 330 g/mol. The Morgan fingerprint density at radius 3 is 2.58 bits per heavy atom. The number of morpholine rings is 1. The van der Waals surface area contributed by atoms with Crippen molar-refractivity contribution in [2.75, 3.05) is 44.3 Å². The van der Waals surface area contributed by atoms with E-state index in [1.54, 1.807) is 0 Å². The van der Waals surface area contributed by atoms with Crippen LogP contribution in [-0.2, 0) is 11.3 Å². The number of hydrogen-bond donors (Lipinski definition) is 2. The predicted octanol–water partition coefficient (Wildman–Crippen LogP) is 1.10. The van der Waals surface area contributed by atoms with Crippen LogP contribution in [0.4, 0.5) is 5.69 Å². The first-order valence-electron chi connectivity index (χ1n) is 8.95. The normalized spacial score (nSPS) is 15.4. The number of ether oxygens (including phenoxy) is 1. The van der Waals surface area contributed by atoms with Crippen molar-refractivity contribution in [3.8, 4) is 0 Å². The topological polar surface area (TPSA) is 49.8 Å². The zero-order valence-electron chi connectivity index (χ0n) is 14.9. The number of rotatable bonds is 5. The number of aryl methyl sites for hydroxylation is 1. The Kier molecular flexibility index (Phi) is 5.21. The third-order valence-electron chi connectivity index (χ3n) is 5.10. The zero-order chi connectivity index (χ0) is 17.1. The smallest absolute Gasteiger partial charge is 0.198 e. The van der Waals surface area contributed by atoms with Gasteiger partial charge in [-0.25, -0.2) is 0 Å². The number of anilines is 1. The molecule has 130 valence electrons. The second kappa shape index (κ2) is 7.36. The zero-order valence-corrected chi connectivity index (χ0v) is 14.9. The lowest BCUT2D eigenvalue weighted by atomic mass is 10.1. The van der Waals surface area contributed by atoms with E-state index in [4.69, 9.17) is 4.74 Å². The maximum atomic E-state index is 13.1. The lowest BCUT2D eigenvalue weighted by Gasteiger charge is -2.29. The molecule has 3 rings (SSSR count). The lowest BCUT2D eigenvalue weighted by molar-refractivity contribution is -0.910. The SMILES string of the molecule is CC[NH+](CC)Cc1c(C)[nH]c2ccc(N3CCOCC3)cc2c1=O. The maximum Gasteiger partial charge on any atom is 0.198 e. The van der Waals surface area contributed by atoms with Gasteiger partial charge in [-0.3, -0.25) is 4.79 Å². The Bertz CT molecular complexity index is 759. The summed E-state index contributed by atoms with van der Waals surface area (Å²) in [7, 11) is 0. The molecule has 0 radical (unpaired) electrons. The van der Waals surface area contributed by atoms with Crippen molar-refractivity contribution < 1.29 is 9.64 Å². The molecular weight excluding hydrogens is 302 g/mol. The molecule has 0 unspecified atom stereocenters. The number of hydrogen-bond acceptors (Lipinski definition) is 3. The molecule has 2 aromatic rings. The number of fused-ring (bicyclic) bond motifs is 1. The number of nitrogens with one attached hydrogen (secondary N) is 2. The summed E-state index contributed by atoms with van der Waals surface area (Å²) < 4.78 is 5.42. The summed E-state index contributed by atoms with van der Waals surface area (Å²) in [6.45, 7) is 12.4. The quantitative estimate of drug-likeness (QED) is 0.863. The van der Waals surface area contributed by atoms with E-state index in [0.29, 0.717) is 0 Å². The van der Waals surface area contributed by atoms with E-state index in [1.165, 1.54) is 4.90 Å². The van der Waals surface area contributed by atoms with Crippen LogP contribution in [0.15, 0.2) is 23.0 Å². The predicted molar refractivity (Wildman–Crippen MR) is 98.1 cm³/mol. The lowest BCUT2D eigenvalue weighted by Crippen LogP contribution is -3.10. The van der Waals surface area contributed by atoms with Crippen molar-refractivity contribution in [1.29, 1.82) is 0 Å². The molecule has 0 spiro atoms. The minimum atomic E-state index is 0.177. The van der Waals surface area contributed by atoms with E-state index in [0.717, 1.165) is 73.8 Å². The van der Waals surface area contributed by atoms with Crippen molar-refractivity contribution >= 4 is 16.6 Å². The highest BCUT2D eigenvalue weighted by molar-refractivity contribution is 5.83. The van der Waals surface area contributed by atoms with Crippen molar-refractivity contribution in [1.82, 2.24) is 4.98 Å². The molecule has 1 aromatic heterocycles. The van der Waals surface area contributed by atoms with Gasteiger partial charge in [0.1, 0.15) is 6.54 Å². The average Bonchev–Trinajstić information content (AvgIpc) is 2.62. The van der Waals surface area contributed by atoms with Crippen molar-refractivity contribution in [3.05, 3.63) is 39.7 Å². The van der Waals surface area contributed by atoms with E-state index in [9.17, 15) is 4.79 Å². The second-order valence-electron chi connectivity index (χ2n) is 6.52. The highest BCUT2D eigenvalue weighted by atomic mass is 16.5. The van der Waals surface area contributed by atoms with E-state index in [-0.39, 0.29) is 5.43 Å². The number of nitrogens with zero attached hydrogens (tertiary/aromatic N) is 1. The van der Waals surface area contributed by atoms with Gasteiger partial charge in [0, 0.05) is 35.4 Å². The monoisotopic (exact) mass is 330 g/mol. The first-order valence-corrected chi connectivity index (χ1v) is 8.95. The fraction of sp³-hybridized carbons (Fsp3) is 0.526. The summed E-state index contributed by atoms with van der Waals surface area (Å²) >= 11 is 0. The molecule has 0 bridgehead atoms. The Hall–Kier alpha value is -1.85. The number of benzene rings is 1. The van der Waals surface area contributed by atoms with Gasteiger partial charge in [0.15, 0.2) is 5.43 Å². The summed E-state index contributed by atoms with van der Waals surface area (Å²) in [5, 5.41) is 0.797. The Balaban J connectivity index is 2.02. The van der Waals surface area contributed by atoms with Gasteiger partial charge in [-0.2, -0.15) is 0 Å². The Morgan fingerprint density at radius 2 is 1.92 bits per heavy atom. The van der Waals surface area contributed by atoms with Crippen LogP contribution < -0.4 is 15.2 Å². The van der Waals surface area contributed by atoms with E-state index < -0.39 is 0 Å². The molecule has 2 N–H and O–H groups in total. The molecule has 24 heavy (non-hydrogen) atoms. The van der Waals surface area contributed by atoms with E-state index in [1.807, 2.05) is 19.1 Å². The molecule has 0 aliphatic carbocycles. The minimum Gasteiger partial charge on any atom is -0.378 e. The molecule has 1 aliphatic heterocycles. The van der Waals surface area contributed by atoms with Crippen LogP contribution in [0.3, 0.4) is 0 Å². The molecule has 5 nitrogen and oxygen atoms in total. The van der Waals surface area contributed by atoms with Crippen molar-refractivity contribution in [2.24, 2.45) is 0 Å². The number of pyridine rings is 1. The molecule has 2 heterocycles. The van der Waals surface area contributed by atoms with Crippen LogP contribution >= 0.6 is 0 Å². The summed E-state index contributed by atoms with van der Waals surface area (Å²) in [6.07, 6.45) is 0. The van der Waals surface area contributed by atoms with Gasteiger partial charge in [0.25, 0.3) is 0 Å². The number of aromatic nitrogens is 1. The van der Waals surface area contributed by atoms with Gasteiger partial charge in [0.2, 0.25) is 0 Å². The first kappa shape index (κ1) is 17.0. The molecule has 1 aromatic carbocycles. The van der Waals surface area contributed by atoms with Crippen LogP contribution in [-0.4, -0.2) is 44.4 Å². The molecular formula is C19H28N3O2+. The van der Waals surface area contributed by atoms with Crippen LogP contribution in [0.25, 0.3) is 10.9 Å². The number of H-pyrrole nitrogens is 1. The van der Waals surface area contributed by atoms with Crippen molar-refractivity contribution in [2.45, 2.75) is 27.3 Å². The molecule has 0 amide bonds. The second-order valence-corrected chi connectivity index (χ2v) is 6.52. The largest absolute Gasteiger partial charge is 0.378 e. The van der Waals surface area contributed by atoms with Gasteiger partial charge in [-0.1, -0.05) is 0 Å². The van der Waals surface area contributed by atoms with Gasteiger partial charge in [-0.05, 0) is 39.0 Å². The first-order chi connectivity index (χ1) is 11.6. The van der Waals surface area contributed by atoms with Gasteiger partial charge < -0.3 is 19.5 Å². The van der Waals surface area contributed by atoms with E-state index >= 15 is 0 Å². The maximum absolute atomic E-state index is 13.1.